The summed E-state index contributed by atoms with van der Waals surface area (Å²) in [5.74, 6) is 1.50. The molecule has 1 aromatic carbocycles. The normalized spacial score (nSPS) is 24.5. The lowest BCUT2D eigenvalue weighted by Gasteiger charge is -2.37. The number of nitrogens with one attached hydrogen (secondary N) is 1. The Morgan fingerprint density at radius 3 is 2.62 bits per heavy atom. The van der Waals surface area contributed by atoms with Crippen molar-refractivity contribution in [3.63, 3.8) is 0 Å². The summed E-state index contributed by atoms with van der Waals surface area (Å²) >= 11 is 3.63. The van der Waals surface area contributed by atoms with Gasteiger partial charge in [0.2, 0.25) is 0 Å². The predicted molar refractivity (Wildman–Crippen MR) is 72.7 cm³/mol. The van der Waals surface area contributed by atoms with E-state index in [1.165, 1.54) is 22.9 Å². The van der Waals surface area contributed by atoms with E-state index in [1.54, 1.807) is 0 Å². The zero-order chi connectivity index (χ0) is 11.5. The molecule has 0 atom stereocenters. The van der Waals surface area contributed by atoms with Gasteiger partial charge in [0.05, 0.1) is 0 Å². The van der Waals surface area contributed by atoms with E-state index < -0.39 is 0 Å². The fourth-order valence-corrected chi connectivity index (χ4v) is 2.86. The van der Waals surface area contributed by atoms with Crippen LogP contribution < -0.4 is 5.32 Å². The van der Waals surface area contributed by atoms with Crippen molar-refractivity contribution >= 4 is 15.9 Å². The molecule has 1 aromatic rings. The monoisotopic (exact) mass is 281 g/mol. The maximum atomic E-state index is 3.63. The van der Waals surface area contributed by atoms with Gasteiger partial charge in [-0.2, -0.15) is 0 Å². The molecule has 1 fully saturated rings. The Balaban J connectivity index is 1.82. The van der Waals surface area contributed by atoms with Gasteiger partial charge in [-0.3, -0.25) is 0 Å². The van der Waals surface area contributed by atoms with Crippen molar-refractivity contribution in [1.82, 2.24) is 5.32 Å². The highest BCUT2D eigenvalue weighted by atomic mass is 79.9. The second kappa shape index (κ2) is 5.33. The fraction of sp³-hybridized carbons (Fsp3) is 0.571. The first-order valence-corrected chi connectivity index (χ1v) is 6.94. The van der Waals surface area contributed by atoms with Gasteiger partial charge in [-0.05, 0) is 42.9 Å². The zero-order valence-corrected chi connectivity index (χ0v) is 11.6. The third-order valence-electron chi connectivity index (χ3n) is 3.30. The van der Waals surface area contributed by atoms with Gasteiger partial charge >= 0.3 is 0 Å². The SMILES string of the molecule is CC(C)CNC1CC(c2ccccc2Br)C1. The summed E-state index contributed by atoms with van der Waals surface area (Å²) in [7, 11) is 0. The molecule has 0 radical (unpaired) electrons. The van der Waals surface area contributed by atoms with Crippen LogP contribution in [-0.4, -0.2) is 12.6 Å². The van der Waals surface area contributed by atoms with Crippen LogP contribution >= 0.6 is 15.9 Å². The quantitative estimate of drug-likeness (QED) is 0.882. The van der Waals surface area contributed by atoms with Gasteiger partial charge < -0.3 is 5.32 Å². The lowest BCUT2D eigenvalue weighted by Crippen LogP contribution is -2.41. The maximum absolute atomic E-state index is 3.63. The summed E-state index contributed by atoms with van der Waals surface area (Å²) in [5.41, 5.74) is 1.48. The summed E-state index contributed by atoms with van der Waals surface area (Å²) < 4.78 is 1.27. The number of rotatable bonds is 4. The molecule has 1 N–H and O–H groups in total. The van der Waals surface area contributed by atoms with Crippen LogP contribution in [0, 0.1) is 5.92 Å². The molecule has 88 valence electrons. The van der Waals surface area contributed by atoms with Crippen molar-refractivity contribution in [2.45, 2.75) is 38.6 Å². The molecule has 1 aliphatic rings. The standard InChI is InChI=1S/C14H20BrN/c1-10(2)9-16-12-7-11(8-12)13-5-3-4-6-14(13)15/h3-6,10-12,16H,7-9H2,1-2H3. The second-order valence-corrected chi connectivity index (χ2v) is 6.04. The van der Waals surface area contributed by atoms with Gasteiger partial charge in [0, 0.05) is 10.5 Å². The van der Waals surface area contributed by atoms with E-state index in [-0.39, 0.29) is 0 Å². The molecule has 2 heteroatoms. The van der Waals surface area contributed by atoms with Gasteiger partial charge in [0.15, 0.2) is 0 Å². The van der Waals surface area contributed by atoms with E-state index in [0.29, 0.717) is 0 Å². The predicted octanol–water partition coefficient (Wildman–Crippen LogP) is 3.94. The minimum atomic E-state index is 0.736. The molecule has 1 aliphatic carbocycles. The van der Waals surface area contributed by atoms with Crippen molar-refractivity contribution in [1.29, 1.82) is 0 Å². The molecule has 0 heterocycles. The first-order chi connectivity index (χ1) is 7.66. The average Bonchev–Trinajstić information content (AvgIpc) is 2.17. The number of benzene rings is 1. The molecule has 1 saturated carbocycles. The lowest BCUT2D eigenvalue weighted by molar-refractivity contribution is 0.281. The first-order valence-electron chi connectivity index (χ1n) is 6.14. The average molecular weight is 282 g/mol. The van der Waals surface area contributed by atoms with Crippen molar-refractivity contribution in [2.75, 3.05) is 6.54 Å². The van der Waals surface area contributed by atoms with E-state index in [1.807, 2.05) is 0 Å². The molecule has 0 bridgehead atoms. The topological polar surface area (TPSA) is 12.0 Å². The zero-order valence-electron chi connectivity index (χ0n) is 10.0. The summed E-state index contributed by atoms with van der Waals surface area (Å²) in [6, 6.07) is 9.34. The van der Waals surface area contributed by atoms with Crippen molar-refractivity contribution in [3.8, 4) is 0 Å². The molecule has 0 unspecified atom stereocenters. The molecule has 1 nitrogen and oxygen atoms in total. The second-order valence-electron chi connectivity index (χ2n) is 5.19. The number of halogens is 1. The summed E-state index contributed by atoms with van der Waals surface area (Å²) in [5, 5.41) is 3.62. The highest BCUT2D eigenvalue weighted by molar-refractivity contribution is 9.10. The van der Waals surface area contributed by atoms with Gasteiger partial charge in [-0.1, -0.05) is 48.0 Å². The molecule has 0 aromatic heterocycles. The number of hydrogen-bond acceptors (Lipinski definition) is 1. The molecule has 0 saturated heterocycles. The summed E-state index contributed by atoms with van der Waals surface area (Å²) in [4.78, 5) is 0. The van der Waals surface area contributed by atoms with Crippen LogP contribution in [0.5, 0.6) is 0 Å². The highest BCUT2D eigenvalue weighted by Gasteiger charge is 2.30. The molecule has 16 heavy (non-hydrogen) atoms. The van der Waals surface area contributed by atoms with E-state index in [4.69, 9.17) is 0 Å². The van der Waals surface area contributed by atoms with E-state index >= 15 is 0 Å². The van der Waals surface area contributed by atoms with Crippen LogP contribution in [-0.2, 0) is 0 Å². The van der Waals surface area contributed by atoms with E-state index in [0.717, 1.165) is 24.4 Å². The maximum Gasteiger partial charge on any atom is 0.0210 e. The van der Waals surface area contributed by atoms with E-state index in [2.05, 4.69) is 59.4 Å². The molecule has 0 spiro atoms. The van der Waals surface area contributed by atoms with Gasteiger partial charge in [0.25, 0.3) is 0 Å². The number of hydrogen-bond donors (Lipinski definition) is 1. The molecular formula is C14H20BrN. The summed E-state index contributed by atoms with van der Waals surface area (Å²) in [6.07, 6.45) is 2.57. The van der Waals surface area contributed by atoms with Crippen LogP contribution in [0.15, 0.2) is 28.7 Å². The van der Waals surface area contributed by atoms with Gasteiger partial charge in [-0.25, -0.2) is 0 Å². The lowest BCUT2D eigenvalue weighted by atomic mass is 9.76. The van der Waals surface area contributed by atoms with E-state index in [9.17, 15) is 0 Å². The Morgan fingerprint density at radius 1 is 1.31 bits per heavy atom. The third-order valence-corrected chi connectivity index (χ3v) is 4.02. The van der Waals surface area contributed by atoms with Crippen molar-refractivity contribution < 1.29 is 0 Å². The third kappa shape index (κ3) is 2.86. The molecule has 0 amide bonds. The Hall–Kier alpha value is -0.340. The van der Waals surface area contributed by atoms with Crippen LogP contribution in [0.2, 0.25) is 0 Å². The smallest absolute Gasteiger partial charge is 0.0210 e. The minimum Gasteiger partial charge on any atom is -0.314 e. The summed E-state index contributed by atoms with van der Waals surface area (Å²) in [6.45, 7) is 5.67. The van der Waals surface area contributed by atoms with Gasteiger partial charge in [-0.15, -0.1) is 0 Å². The Kier molecular flexibility index (Phi) is 4.04. The minimum absolute atomic E-state index is 0.736. The van der Waals surface area contributed by atoms with Crippen molar-refractivity contribution in [3.05, 3.63) is 34.3 Å². The fourth-order valence-electron chi connectivity index (χ4n) is 2.25. The van der Waals surface area contributed by atoms with Crippen LogP contribution in [0.25, 0.3) is 0 Å². The Labute approximate surface area is 107 Å². The first kappa shape index (κ1) is 12.1. The van der Waals surface area contributed by atoms with Crippen LogP contribution in [0.3, 0.4) is 0 Å². The highest BCUT2D eigenvalue weighted by Crippen LogP contribution is 2.39. The van der Waals surface area contributed by atoms with Crippen molar-refractivity contribution in [2.24, 2.45) is 5.92 Å². The Bertz CT molecular complexity index is 342. The largest absolute Gasteiger partial charge is 0.314 e. The molecule has 2 rings (SSSR count). The van der Waals surface area contributed by atoms with Gasteiger partial charge in [0.1, 0.15) is 0 Å². The van der Waals surface area contributed by atoms with Crippen LogP contribution in [0.4, 0.5) is 0 Å². The molecular weight excluding hydrogens is 262 g/mol. The van der Waals surface area contributed by atoms with Crippen LogP contribution in [0.1, 0.15) is 38.2 Å². The Morgan fingerprint density at radius 2 is 2.00 bits per heavy atom. The molecule has 0 aliphatic heterocycles.